The zero-order valence-electron chi connectivity index (χ0n) is 16.7. The lowest BCUT2D eigenvalue weighted by atomic mass is 10.1. The highest BCUT2D eigenvalue weighted by molar-refractivity contribution is 5.94. The molecule has 0 fully saturated rings. The van der Waals surface area contributed by atoms with E-state index >= 15 is 0 Å². The van der Waals surface area contributed by atoms with Gasteiger partial charge in [-0.25, -0.2) is 0 Å². The molecule has 0 aliphatic rings. The van der Waals surface area contributed by atoms with Gasteiger partial charge in [-0.15, -0.1) is 0 Å². The number of amides is 1. The number of benzene rings is 3. The van der Waals surface area contributed by atoms with Gasteiger partial charge >= 0.3 is 0 Å². The van der Waals surface area contributed by atoms with Gasteiger partial charge in [-0.2, -0.15) is 0 Å². The van der Waals surface area contributed by atoms with Crippen molar-refractivity contribution >= 4 is 5.91 Å². The number of carbonyl (C=O) groups excluding carboxylic acids is 1. The number of hydrogen-bond acceptors (Lipinski definition) is 4. The molecule has 0 atom stereocenters. The number of methoxy groups -OCH3 is 2. The molecule has 0 saturated heterocycles. The fraction of sp³-hybridized carbons (Fsp3) is 0.208. The summed E-state index contributed by atoms with van der Waals surface area (Å²) in [5.41, 5.74) is 2.71. The molecule has 3 aromatic carbocycles. The summed E-state index contributed by atoms with van der Waals surface area (Å²) in [4.78, 5) is 12.5. The summed E-state index contributed by atoms with van der Waals surface area (Å²) < 4.78 is 16.4. The summed E-state index contributed by atoms with van der Waals surface area (Å²) in [6.45, 7) is 0.942. The number of nitrogens with one attached hydrogen (secondary N) is 1. The van der Waals surface area contributed by atoms with E-state index in [4.69, 9.17) is 14.2 Å². The number of carbonyl (C=O) groups is 1. The van der Waals surface area contributed by atoms with E-state index < -0.39 is 0 Å². The molecule has 0 unspecified atom stereocenters. The predicted octanol–water partition coefficient (Wildman–Crippen LogP) is 4.26. The summed E-state index contributed by atoms with van der Waals surface area (Å²) in [6, 6.07) is 22.9. The molecular weight excluding hydrogens is 366 g/mol. The standard InChI is InChI=1S/C24H25NO4/c1-27-21-11-8-18(9-12-21)14-15-25-24(26)20-10-13-22(28-2)23(16-20)29-17-19-6-4-3-5-7-19/h3-13,16H,14-15,17H2,1-2H3,(H,25,26). The average Bonchev–Trinajstić information content (AvgIpc) is 2.78. The lowest BCUT2D eigenvalue weighted by Crippen LogP contribution is -2.25. The minimum absolute atomic E-state index is 0.147. The molecule has 150 valence electrons. The molecule has 5 heteroatoms. The molecule has 1 N–H and O–H groups in total. The Morgan fingerprint density at radius 2 is 1.59 bits per heavy atom. The molecule has 0 radical (unpaired) electrons. The van der Waals surface area contributed by atoms with Crippen LogP contribution in [-0.4, -0.2) is 26.7 Å². The first-order valence-corrected chi connectivity index (χ1v) is 9.45. The van der Waals surface area contributed by atoms with Gasteiger partial charge in [0.25, 0.3) is 5.91 Å². The second-order valence-corrected chi connectivity index (χ2v) is 6.49. The molecule has 0 heterocycles. The summed E-state index contributed by atoms with van der Waals surface area (Å²) in [6.07, 6.45) is 0.739. The SMILES string of the molecule is COc1ccc(CCNC(=O)c2ccc(OC)c(OCc3ccccc3)c2)cc1. The lowest BCUT2D eigenvalue weighted by Gasteiger charge is -2.13. The molecule has 3 aromatic rings. The van der Waals surface area contributed by atoms with Crippen LogP contribution in [0.5, 0.6) is 17.2 Å². The lowest BCUT2D eigenvalue weighted by molar-refractivity contribution is 0.0953. The minimum Gasteiger partial charge on any atom is -0.497 e. The third kappa shape index (κ3) is 5.75. The van der Waals surface area contributed by atoms with Gasteiger partial charge < -0.3 is 19.5 Å². The van der Waals surface area contributed by atoms with Crippen molar-refractivity contribution in [3.05, 3.63) is 89.5 Å². The van der Waals surface area contributed by atoms with Crippen LogP contribution >= 0.6 is 0 Å². The zero-order valence-corrected chi connectivity index (χ0v) is 16.7. The van der Waals surface area contributed by atoms with Gasteiger partial charge in [-0.1, -0.05) is 42.5 Å². The molecule has 5 nitrogen and oxygen atoms in total. The van der Waals surface area contributed by atoms with Gasteiger partial charge in [-0.3, -0.25) is 4.79 Å². The Morgan fingerprint density at radius 1 is 0.828 bits per heavy atom. The smallest absolute Gasteiger partial charge is 0.251 e. The highest BCUT2D eigenvalue weighted by Gasteiger charge is 2.11. The Bertz CT molecular complexity index is 923. The van der Waals surface area contributed by atoms with E-state index in [0.29, 0.717) is 30.2 Å². The molecule has 0 bridgehead atoms. The van der Waals surface area contributed by atoms with Crippen LogP contribution in [0.3, 0.4) is 0 Å². The molecule has 0 saturated carbocycles. The molecule has 0 aromatic heterocycles. The first-order valence-electron chi connectivity index (χ1n) is 9.45. The quantitative estimate of drug-likeness (QED) is 0.592. The van der Waals surface area contributed by atoms with Crippen LogP contribution in [0.15, 0.2) is 72.8 Å². The van der Waals surface area contributed by atoms with E-state index in [-0.39, 0.29) is 5.91 Å². The largest absolute Gasteiger partial charge is 0.497 e. The topological polar surface area (TPSA) is 56.8 Å². The van der Waals surface area contributed by atoms with E-state index in [9.17, 15) is 4.79 Å². The first kappa shape index (κ1) is 20.3. The Morgan fingerprint density at radius 3 is 2.28 bits per heavy atom. The summed E-state index contributed by atoms with van der Waals surface area (Å²) in [7, 11) is 3.22. The van der Waals surface area contributed by atoms with E-state index in [1.807, 2.05) is 54.6 Å². The van der Waals surface area contributed by atoms with Crippen molar-refractivity contribution in [2.75, 3.05) is 20.8 Å². The van der Waals surface area contributed by atoms with Gasteiger partial charge in [-0.05, 0) is 47.9 Å². The molecule has 0 aliphatic heterocycles. The molecule has 0 aliphatic carbocycles. The van der Waals surface area contributed by atoms with E-state index in [0.717, 1.165) is 23.3 Å². The predicted molar refractivity (Wildman–Crippen MR) is 113 cm³/mol. The third-order valence-corrected chi connectivity index (χ3v) is 4.52. The highest BCUT2D eigenvalue weighted by atomic mass is 16.5. The van der Waals surface area contributed by atoms with Crippen LogP contribution in [0.4, 0.5) is 0 Å². The maximum absolute atomic E-state index is 12.5. The van der Waals surface area contributed by atoms with Crippen molar-refractivity contribution in [3.63, 3.8) is 0 Å². The fourth-order valence-electron chi connectivity index (χ4n) is 2.88. The Hall–Kier alpha value is -3.47. The summed E-state index contributed by atoms with van der Waals surface area (Å²) in [5, 5.41) is 2.95. The van der Waals surface area contributed by atoms with Crippen molar-refractivity contribution in [3.8, 4) is 17.2 Å². The van der Waals surface area contributed by atoms with Crippen LogP contribution in [-0.2, 0) is 13.0 Å². The van der Waals surface area contributed by atoms with E-state index in [1.165, 1.54) is 0 Å². The van der Waals surface area contributed by atoms with Crippen molar-refractivity contribution < 1.29 is 19.0 Å². The van der Waals surface area contributed by atoms with Crippen LogP contribution in [0.1, 0.15) is 21.5 Å². The third-order valence-electron chi connectivity index (χ3n) is 4.52. The monoisotopic (exact) mass is 391 g/mol. The van der Waals surface area contributed by atoms with Gasteiger partial charge in [0.1, 0.15) is 12.4 Å². The van der Waals surface area contributed by atoms with Gasteiger partial charge in [0.2, 0.25) is 0 Å². The van der Waals surface area contributed by atoms with Crippen LogP contribution in [0, 0.1) is 0 Å². The van der Waals surface area contributed by atoms with Crippen molar-refractivity contribution in [2.24, 2.45) is 0 Å². The first-order chi connectivity index (χ1) is 14.2. The van der Waals surface area contributed by atoms with E-state index in [2.05, 4.69) is 5.32 Å². The molecular formula is C24H25NO4. The van der Waals surface area contributed by atoms with E-state index in [1.54, 1.807) is 32.4 Å². The normalized spacial score (nSPS) is 10.3. The second kappa shape index (κ2) is 10.2. The Labute approximate surface area is 171 Å². The van der Waals surface area contributed by atoms with Gasteiger partial charge in [0, 0.05) is 12.1 Å². The number of hydrogen-bond donors (Lipinski definition) is 1. The maximum atomic E-state index is 12.5. The zero-order chi connectivity index (χ0) is 20.5. The molecule has 1 amide bonds. The molecule has 0 spiro atoms. The average molecular weight is 391 g/mol. The summed E-state index contributed by atoms with van der Waals surface area (Å²) >= 11 is 0. The molecule has 3 rings (SSSR count). The highest BCUT2D eigenvalue weighted by Crippen LogP contribution is 2.29. The van der Waals surface area contributed by atoms with Gasteiger partial charge in [0.05, 0.1) is 14.2 Å². The Kier molecular flexibility index (Phi) is 7.11. The van der Waals surface area contributed by atoms with Crippen LogP contribution < -0.4 is 19.5 Å². The van der Waals surface area contributed by atoms with Crippen LogP contribution in [0.2, 0.25) is 0 Å². The number of rotatable bonds is 9. The van der Waals surface area contributed by atoms with Crippen LogP contribution in [0.25, 0.3) is 0 Å². The van der Waals surface area contributed by atoms with Crippen molar-refractivity contribution in [2.45, 2.75) is 13.0 Å². The van der Waals surface area contributed by atoms with Crippen molar-refractivity contribution in [1.29, 1.82) is 0 Å². The second-order valence-electron chi connectivity index (χ2n) is 6.49. The Balaban J connectivity index is 1.59. The summed E-state index contributed by atoms with van der Waals surface area (Å²) in [5.74, 6) is 1.81. The molecule has 29 heavy (non-hydrogen) atoms. The fourth-order valence-corrected chi connectivity index (χ4v) is 2.88. The maximum Gasteiger partial charge on any atom is 0.251 e. The van der Waals surface area contributed by atoms with Crippen molar-refractivity contribution in [1.82, 2.24) is 5.32 Å². The number of ether oxygens (including phenoxy) is 3. The minimum atomic E-state index is -0.147. The van der Waals surface area contributed by atoms with Gasteiger partial charge in [0.15, 0.2) is 11.5 Å².